The molecule has 7 nitrogen and oxygen atoms in total. The molecule has 0 unspecified atom stereocenters. The van der Waals surface area contributed by atoms with E-state index in [1.807, 2.05) is 47.5 Å². The van der Waals surface area contributed by atoms with Crippen molar-refractivity contribution in [3.63, 3.8) is 0 Å². The topological polar surface area (TPSA) is 93.8 Å². The summed E-state index contributed by atoms with van der Waals surface area (Å²) < 4.78 is 45.4. The summed E-state index contributed by atoms with van der Waals surface area (Å²) in [6.07, 6.45) is 2.89. The lowest BCUT2D eigenvalue weighted by Crippen LogP contribution is -2.29. The van der Waals surface area contributed by atoms with E-state index in [-0.39, 0.29) is 11.0 Å². The number of rotatable bonds is 4. The zero-order chi connectivity index (χ0) is 23.2. The summed E-state index contributed by atoms with van der Waals surface area (Å²) in [6, 6.07) is 12.0. The van der Waals surface area contributed by atoms with Gasteiger partial charge in [-0.25, -0.2) is 4.68 Å². The van der Waals surface area contributed by atoms with E-state index in [0.29, 0.717) is 23.6 Å². The number of nitrogens with zero attached hydrogens (tertiary/aromatic N) is 2. The van der Waals surface area contributed by atoms with Crippen LogP contribution >= 0.6 is 0 Å². The van der Waals surface area contributed by atoms with E-state index < -0.39 is 11.7 Å². The number of allylic oxidation sites excluding steroid dienone is 3. The van der Waals surface area contributed by atoms with Gasteiger partial charge in [-0.15, -0.1) is 0 Å². The van der Waals surface area contributed by atoms with Crippen LogP contribution in [0.1, 0.15) is 16.8 Å². The number of dihydropyridines is 1. The number of hydrogen-bond donors (Lipinski definition) is 2. The zero-order valence-electron chi connectivity index (χ0n) is 18.0. The molecule has 10 heteroatoms. The standard InChI is InChI=1S/C24H19F3N4O2.H2O/c1-33-18-10-4-15(5-11-18)13-30-14-20-19(3-2-12-28-20)21-22(30)23(32)31(29-21)17-8-6-16(7-9-17)24(25,26)27;/h2-12,14,28-29H,13H2,1H3;1H2. The molecule has 1 aromatic heterocycles. The number of alkyl halides is 3. The first kappa shape index (κ1) is 23.0. The molecule has 176 valence electrons. The fourth-order valence-corrected chi connectivity index (χ4v) is 3.91. The smallest absolute Gasteiger partial charge is 0.416 e. The number of nitrogens with one attached hydrogen (secondary N) is 2. The lowest BCUT2D eigenvalue weighted by molar-refractivity contribution is -0.137. The normalized spacial score (nSPS) is 14.3. The minimum Gasteiger partial charge on any atom is -0.497 e. The summed E-state index contributed by atoms with van der Waals surface area (Å²) in [7, 11) is 1.59. The van der Waals surface area contributed by atoms with Crippen molar-refractivity contribution < 1.29 is 23.4 Å². The maximum absolute atomic E-state index is 13.4. The number of ether oxygens (including phenoxy) is 1. The number of anilines is 1. The van der Waals surface area contributed by atoms with Gasteiger partial charge in [0.05, 0.1) is 29.8 Å². The molecule has 2 aliphatic rings. The molecule has 0 atom stereocenters. The Balaban J connectivity index is 0.00000274. The van der Waals surface area contributed by atoms with E-state index in [1.165, 1.54) is 16.8 Å². The van der Waals surface area contributed by atoms with Crippen molar-refractivity contribution in [2.75, 3.05) is 12.0 Å². The molecule has 0 amide bonds. The van der Waals surface area contributed by atoms with Crippen LogP contribution in [0.15, 0.2) is 83.6 Å². The highest BCUT2D eigenvalue weighted by Gasteiger charge is 2.31. The summed E-state index contributed by atoms with van der Waals surface area (Å²) in [4.78, 5) is 15.3. The Bertz CT molecular complexity index is 1350. The quantitative estimate of drug-likeness (QED) is 0.608. The molecule has 3 aromatic rings. The predicted octanol–water partition coefficient (Wildman–Crippen LogP) is 3.73. The molecule has 0 spiro atoms. The van der Waals surface area contributed by atoms with Crippen LogP contribution in [0, 0.1) is 0 Å². The molecule has 2 aliphatic heterocycles. The fourth-order valence-electron chi connectivity index (χ4n) is 3.91. The van der Waals surface area contributed by atoms with Gasteiger partial charge in [0, 0.05) is 24.5 Å². The van der Waals surface area contributed by atoms with Gasteiger partial charge in [0.2, 0.25) is 0 Å². The van der Waals surface area contributed by atoms with Gasteiger partial charge in [0.15, 0.2) is 0 Å². The van der Waals surface area contributed by atoms with Crippen LogP contribution in [0.5, 0.6) is 5.75 Å². The molecule has 0 bridgehead atoms. The third kappa shape index (κ3) is 3.99. The largest absolute Gasteiger partial charge is 0.497 e. The molecule has 2 aromatic carbocycles. The zero-order valence-corrected chi connectivity index (χ0v) is 18.0. The van der Waals surface area contributed by atoms with Crippen molar-refractivity contribution in [2.24, 2.45) is 0 Å². The highest BCUT2D eigenvalue weighted by Crippen LogP contribution is 2.36. The van der Waals surface area contributed by atoms with Crippen LogP contribution < -0.4 is 20.5 Å². The van der Waals surface area contributed by atoms with Gasteiger partial charge in [-0.1, -0.05) is 12.1 Å². The van der Waals surface area contributed by atoms with Crippen molar-refractivity contribution in [1.29, 1.82) is 0 Å². The number of methoxy groups -OCH3 is 1. The van der Waals surface area contributed by atoms with E-state index in [9.17, 15) is 18.0 Å². The average Bonchev–Trinajstić information content (AvgIpc) is 3.17. The number of aromatic amines is 1. The average molecular weight is 470 g/mol. The highest BCUT2D eigenvalue weighted by molar-refractivity contribution is 5.89. The molecule has 34 heavy (non-hydrogen) atoms. The summed E-state index contributed by atoms with van der Waals surface area (Å²) in [5.74, 6) is 0.729. The van der Waals surface area contributed by atoms with Gasteiger partial charge in [-0.2, -0.15) is 13.2 Å². The monoisotopic (exact) mass is 470 g/mol. The van der Waals surface area contributed by atoms with Gasteiger partial charge < -0.3 is 20.4 Å². The third-order valence-electron chi connectivity index (χ3n) is 5.56. The maximum atomic E-state index is 13.4. The van der Waals surface area contributed by atoms with Crippen LogP contribution in [-0.4, -0.2) is 22.4 Å². The maximum Gasteiger partial charge on any atom is 0.416 e. The van der Waals surface area contributed by atoms with Crippen molar-refractivity contribution in [3.05, 3.63) is 106 Å². The minimum absolute atomic E-state index is 0. The van der Waals surface area contributed by atoms with Gasteiger partial charge in [-0.3, -0.25) is 9.89 Å². The van der Waals surface area contributed by atoms with Gasteiger partial charge in [0.25, 0.3) is 5.56 Å². The van der Waals surface area contributed by atoms with E-state index in [4.69, 9.17) is 4.74 Å². The van der Waals surface area contributed by atoms with E-state index >= 15 is 0 Å². The van der Waals surface area contributed by atoms with E-state index in [0.717, 1.165) is 34.7 Å². The van der Waals surface area contributed by atoms with Crippen molar-refractivity contribution >= 4 is 11.3 Å². The Hall–Kier alpha value is -4.18. The number of aromatic nitrogens is 2. The number of halogens is 3. The Labute approximate surface area is 192 Å². The van der Waals surface area contributed by atoms with E-state index in [2.05, 4.69) is 10.4 Å². The second kappa shape index (κ2) is 8.64. The van der Waals surface area contributed by atoms with Gasteiger partial charge in [0.1, 0.15) is 11.4 Å². The molecule has 0 saturated carbocycles. The Morgan fingerprint density at radius 2 is 1.74 bits per heavy atom. The van der Waals surface area contributed by atoms with Crippen LogP contribution in [0.4, 0.5) is 18.9 Å². The van der Waals surface area contributed by atoms with Gasteiger partial charge >= 0.3 is 6.18 Å². The molecule has 4 N–H and O–H groups in total. The highest BCUT2D eigenvalue weighted by atomic mass is 19.4. The molecule has 3 heterocycles. The summed E-state index contributed by atoms with van der Waals surface area (Å²) in [6.45, 7) is 0.416. The number of H-pyrrole nitrogens is 1. The Morgan fingerprint density at radius 1 is 1.03 bits per heavy atom. The summed E-state index contributed by atoms with van der Waals surface area (Å²) >= 11 is 0. The third-order valence-corrected chi connectivity index (χ3v) is 5.56. The lowest BCUT2D eigenvalue weighted by Gasteiger charge is -2.28. The van der Waals surface area contributed by atoms with Crippen LogP contribution in [0.25, 0.3) is 11.3 Å². The number of benzene rings is 2. The summed E-state index contributed by atoms with van der Waals surface area (Å²) in [5, 5.41) is 6.27. The number of fused-ring (bicyclic) bond motifs is 3. The molecular weight excluding hydrogens is 449 g/mol. The SMILES string of the molecule is COc1ccc(CN2C=C3NC=CC=C3c3[nH]n(-c4ccc(C(F)(F)F)cc4)c(=O)c32)cc1.O. The predicted molar refractivity (Wildman–Crippen MR) is 123 cm³/mol. The first-order valence-corrected chi connectivity index (χ1v) is 10.1. The molecule has 0 saturated heterocycles. The fraction of sp³-hybridized carbons (Fsp3) is 0.125. The lowest BCUT2D eigenvalue weighted by atomic mass is 10.0. The second-order valence-corrected chi connectivity index (χ2v) is 7.62. The van der Waals surface area contributed by atoms with Crippen LogP contribution in [0.2, 0.25) is 0 Å². The van der Waals surface area contributed by atoms with Crippen LogP contribution in [-0.2, 0) is 12.7 Å². The summed E-state index contributed by atoms with van der Waals surface area (Å²) in [5.41, 5.74) is 2.74. The van der Waals surface area contributed by atoms with Crippen LogP contribution in [0.3, 0.4) is 0 Å². The first-order valence-electron chi connectivity index (χ1n) is 10.1. The second-order valence-electron chi connectivity index (χ2n) is 7.62. The Kier molecular flexibility index (Phi) is 5.84. The molecular formula is C24H21F3N4O3. The molecule has 0 fully saturated rings. The Morgan fingerprint density at radius 3 is 2.38 bits per heavy atom. The molecule has 5 rings (SSSR count). The molecule has 0 radical (unpaired) electrons. The number of hydrogen-bond acceptors (Lipinski definition) is 4. The van der Waals surface area contributed by atoms with Crippen molar-refractivity contribution in [1.82, 2.24) is 15.1 Å². The van der Waals surface area contributed by atoms with Gasteiger partial charge in [-0.05, 0) is 54.1 Å². The van der Waals surface area contributed by atoms with Crippen molar-refractivity contribution in [2.45, 2.75) is 12.7 Å². The first-order chi connectivity index (χ1) is 15.8. The van der Waals surface area contributed by atoms with Crippen molar-refractivity contribution in [3.8, 4) is 11.4 Å². The molecule has 0 aliphatic carbocycles. The van der Waals surface area contributed by atoms with E-state index in [1.54, 1.807) is 13.3 Å². The minimum atomic E-state index is -4.45.